The van der Waals surface area contributed by atoms with Gasteiger partial charge in [0.25, 0.3) is 0 Å². The van der Waals surface area contributed by atoms with Gasteiger partial charge in [-0.2, -0.15) is 0 Å². The van der Waals surface area contributed by atoms with E-state index in [1.807, 2.05) is 19.1 Å². The van der Waals surface area contributed by atoms with Gasteiger partial charge in [-0.1, -0.05) is 19.1 Å². The van der Waals surface area contributed by atoms with E-state index in [2.05, 4.69) is 26.6 Å². The zero-order valence-corrected chi connectivity index (χ0v) is 14.0. The first-order chi connectivity index (χ1) is 11.2. The van der Waals surface area contributed by atoms with Gasteiger partial charge in [-0.15, -0.1) is 10.2 Å². The second kappa shape index (κ2) is 7.21. The van der Waals surface area contributed by atoms with Crippen molar-refractivity contribution < 1.29 is 4.39 Å². The minimum absolute atomic E-state index is 0.160. The highest BCUT2D eigenvalue weighted by molar-refractivity contribution is 5.17. The molecule has 0 aliphatic carbocycles. The van der Waals surface area contributed by atoms with Crippen molar-refractivity contribution in [2.24, 2.45) is 5.92 Å². The Morgan fingerprint density at radius 2 is 2.00 bits per heavy atom. The maximum Gasteiger partial charge on any atom is 0.147 e. The van der Waals surface area contributed by atoms with E-state index in [1.54, 1.807) is 12.1 Å². The summed E-state index contributed by atoms with van der Waals surface area (Å²) in [6.45, 7) is 8.24. The summed E-state index contributed by atoms with van der Waals surface area (Å²) in [5.74, 6) is 2.56. The van der Waals surface area contributed by atoms with Crippen molar-refractivity contribution in [3.63, 3.8) is 0 Å². The SMILES string of the molecule is CCCn1c(C)nnc1CN1CCC(Cc2ccc(F)cc2)C1. The van der Waals surface area contributed by atoms with Gasteiger partial charge in [-0.25, -0.2) is 4.39 Å². The van der Waals surface area contributed by atoms with Crippen molar-refractivity contribution >= 4 is 0 Å². The second-order valence-corrected chi connectivity index (χ2v) is 6.54. The summed E-state index contributed by atoms with van der Waals surface area (Å²) in [5, 5.41) is 8.57. The molecule has 1 saturated heterocycles. The van der Waals surface area contributed by atoms with Crippen molar-refractivity contribution in [1.82, 2.24) is 19.7 Å². The first-order valence-electron chi connectivity index (χ1n) is 8.51. The van der Waals surface area contributed by atoms with Crippen LogP contribution in [0.15, 0.2) is 24.3 Å². The molecule has 0 bridgehead atoms. The Labute approximate surface area is 137 Å². The van der Waals surface area contributed by atoms with Crippen LogP contribution in [0.5, 0.6) is 0 Å². The largest absolute Gasteiger partial charge is 0.314 e. The summed E-state index contributed by atoms with van der Waals surface area (Å²) in [4.78, 5) is 2.46. The number of nitrogens with zero attached hydrogens (tertiary/aromatic N) is 4. The molecule has 1 aromatic heterocycles. The van der Waals surface area contributed by atoms with E-state index >= 15 is 0 Å². The highest BCUT2D eigenvalue weighted by atomic mass is 19.1. The number of likely N-dealkylation sites (tertiary alicyclic amines) is 1. The molecule has 5 heteroatoms. The van der Waals surface area contributed by atoms with Crippen molar-refractivity contribution in [1.29, 1.82) is 0 Å². The Hall–Kier alpha value is -1.75. The fourth-order valence-electron chi connectivity index (χ4n) is 3.43. The zero-order chi connectivity index (χ0) is 16.2. The molecule has 3 rings (SSSR count). The minimum Gasteiger partial charge on any atom is -0.314 e. The van der Waals surface area contributed by atoms with Gasteiger partial charge >= 0.3 is 0 Å². The van der Waals surface area contributed by atoms with Gasteiger partial charge in [0.1, 0.15) is 17.5 Å². The third kappa shape index (κ3) is 3.96. The van der Waals surface area contributed by atoms with E-state index in [4.69, 9.17) is 0 Å². The molecule has 2 heterocycles. The Morgan fingerprint density at radius 1 is 1.22 bits per heavy atom. The second-order valence-electron chi connectivity index (χ2n) is 6.54. The lowest BCUT2D eigenvalue weighted by Crippen LogP contribution is -2.23. The van der Waals surface area contributed by atoms with Crippen LogP contribution in [0.25, 0.3) is 0 Å². The van der Waals surface area contributed by atoms with Gasteiger partial charge in [0, 0.05) is 13.1 Å². The number of hydrogen-bond acceptors (Lipinski definition) is 3. The van der Waals surface area contributed by atoms with Gasteiger partial charge in [0.2, 0.25) is 0 Å². The number of aryl methyl sites for hydroxylation is 1. The summed E-state index contributed by atoms with van der Waals surface area (Å²) in [6, 6.07) is 6.91. The quantitative estimate of drug-likeness (QED) is 0.821. The molecule has 0 radical (unpaired) electrons. The van der Waals surface area contributed by atoms with Crippen LogP contribution in [0.3, 0.4) is 0 Å². The Morgan fingerprint density at radius 3 is 2.74 bits per heavy atom. The van der Waals surface area contributed by atoms with Crippen LogP contribution in [0, 0.1) is 18.7 Å². The summed E-state index contributed by atoms with van der Waals surface area (Å²) in [7, 11) is 0. The third-order valence-corrected chi connectivity index (χ3v) is 4.63. The van der Waals surface area contributed by atoms with E-state index in [-0.39, 0.29) is 5.82 Å². The van der Waals surface area contributed by atoms with Gasteiger partial charge in [-0.3, -0.25) is 4.90 Å². The fourth-order valence-corrected chi connectivity index (χ4v) is 3.43. The topological polar surface area (TPSA) is 34.0 Å². The normalized spacial score (nSPS) is 18.7. The lowest BCUT2D eigenvalue weighted by Gasteiger charge is -2.16. The molecule has 23 heavy (non-hydrogen) atoms. The van der Waals surface area contributed by atoms with E-state index in [1.165, 1.54) is 12.0 Å². The molecule has 4 nitrogen and oxygen atoms in total. The van der Waals surface area contributed by atoms with Crippen LogP contribution >= 0.6 is 0 Å². The van der Waals surface area contributed by atoms with Crippen LogP contribution in [-0.4, -0.2) is 32.8 Å². The predicted octanol–water partition coefficient (Wildman–Crippen LogP) is 3.20. The van der Waals surface area contributed by atoms with Gasteiger partial charge < -0.3 is 4.57 Å². The van der Waals surface area contributed by atoms with E-state index in [0.29, 0.717) is 5.92 Å². The summed E-state index contributed by atoms with van der Waals surface area (Å²) in [6.07, 6.45) is 3.31. The van der Waals surface area contributed by atoms with Crippen LogP contribution in [0.1, 0.15) is 37.0 Å². The molecule has 2 aromatic rings. The molecular formula is C18H25FN4. The smallest absolute Gasteiger partial charge is 0.147 e. The molecule has 1 fully saturated rings. The average molecular weight is 316 g/mol. The number of halogens is 1. The van der Waals surface area contributed by atoms with Crippen molar-refractivity contribution in [2.45, 2.75) is 46.2 Å². The van der Waals surface area contributed by atoms with E-state index in [9.17, 15) is 4.39 Å². The predicted molar refractivity (Wildman–Crippen MR) is 88.5 cm³/mol. The standard InChI is InChI=1S/C18H25FN4/c1-3-9-23-14(2)20-21-18(23)13-22-10-8-16(12-22)11-15-4-6-17(19)7-5-15/h4-7,16H,3,8-13H2,1-2H3. The monoisotopic (exact) mass is 316 g/mol. The van der Waals surface area contributed by atoms with Gasteiger partial charge in [-0.05, 0) is 56.3 Å². The molecule has 0 saturated carbocycles. The maximum atomic E-state index is 13.0. The number of hydrogen-bond donors (Lipinski definition) is 0. The first kappa shape index (κ1) is 16.1. The molecule has 1 atom stereocenters. The third-order valence-electron chi connectivity index (χ3n) is 4.63. The number of benzene rings is 1. The van der Waals surface area contributed by atoms with Gasteiger partial charge in [0.05, 0.1) is 6.54 Å². The van der Waals surface area contributed by atoms with Crippen molar-refractivity contribution in [2.75, 3.05) is 13.1 Å². The highest BCUT2D eigenvalue weighted by Crippen LogP contribution is 2.22. The Bertz CT molecular complexity index is 635. The Kier molecular flexibility index (Phi) is 5.06. The van der Waals surface area contributed by atoms with E-state index < -0.39 is 0 Å². The molecule has 124 valence electrons. The fraction of sp³-hybridized carbons (Fsp3) is 0.556. The number of aromatic nitrogens is 3. The molecule has 1 aromatic carbocycles. The summed E-state index contributed by atoms with van der Waals surface area (Å²) >= 11 is 0. The molecular weight excluding hydrogens is 291 g/mol. The van der Waals surface area contributed by atoms with E-state index in [0.717, 1.165) is 50.7 Å². The average Bonchev–Trinajstić information content (AvgIpc) is 3.11. The molecule has 1 aliphatic rings. The first-order valence-corrected chi connectivity index (χ1v) is 8.51. The maximum absolute atomic E-state index is 13.0. The molecule has 0 N–H and O–H groups in total. The van der Waals surface area contributed by atoms with Crippen LogP contribution in [-0.2, 0) is 19.5 Å². The molecule has 1 unspecified atom stereocenters. The van der Waals surface area contributed by atoms with Crippen molar-refractivity contribution in [3.05, 3.63) is 47.3 Å². The number of rotatable bonds is 6. The highest BCUT2D eigenvalue weighted by Gasteiger charge is 2.24. The minimum atomic E-state index is -0.160. The zero-order valence-electron chi connectivity index (χ0n) is 14.0. The molecule has 0 spiro atoms. The van der Waals surface area contributed by atoms with Gasteiger partial charge in [0.15, 0.2) is 0 Å². The lowest BCUT2D eigenvalue weighted by atomic mass is 9.99. The Balaban J connectivity index is 1.56. The van der Waals surface area contributed by atoms with Crippen LogP contribution < -0.4 is 0 Å². The lowest BCUT2D eigenvalue weighted by molar-refractivity contribution is 0.302. The molecule has 1 aliphatic heterocycles. The summed E-state index contributed by atoms with van der Waals surface area (Å²) < 4.78 is 15.2. The summed E-state index contributed by atoms with van der Waals surface area (Å²) in [5.41, 5.74) is 1.23. The molecule has 0 amide bonds. The van der Waals surface area contributed by atoms with Crippen LogP contribution in [0.2, 0.25) is 0 Å². The van der Waals surface area contributed by atoms with Crippen molar-refractivity contribution in [3.8, 4) is 0 Å². The van der Waals surface area contributed by atoms with Crippen LogP contribution in [0.4, 0.5) is 4.39 Å².